The molecular formula is C18H18N2O2. The molecule has 0 radical (unpaired) electrons. The molecule has 4 heteroatoms. The zero-order valence-electron chi connectivity index (χ0n) is 12.7. The van der Waals surface area contributed by atoms with Crippen molar-refractivity contribution in [2.75, 3.05) is 0 Å². The highest BCUT2D eigenvalue weighted by molar-refractivity contribution is 6.03. The van der Waals surface area contributed by atoms with Crippen molar-refractivity contribution < 1.29 is 9.90 Å². The van der Waals surface area contributed by atoms with Crippen molar-refractivity contribution >= 4 is 11.6 Å². The Bertz CT molecular complexity index is 735. The highest BCUT2D eigenvalue weighted by Crippen LogP contribution is 2.33. The molecule has 1 aliphatic rings. The van der Waals surface area contributed by atoms with Gasteiger partial charge in [0.25, 0.3) is 0 Å². The minimum Gasteiger partial charge on any atom is -0.508 e. The van der Waals surface area contributed by atoms with Crippen molar-refractivity contribution in [1.82, 2.24) is 5.01 Å². The van der Waals surface area contributed by atoms with Crippen LogP contribution >= 0.6 is 0 Å². The number of hydrogen-bond acceptors (Lipinski definition) is 3. The second-order valence-corrected chi connectivity index (χ2v) is 5.59. The predicted molar refractivity (Wildman–Crippen MR) is 85.7 cm³/mol. The molecule has 1 atom stereocenters. The van der Waals surface area contributed by atoms with Crippen LogP contribution in [0, 0.1) is 6.92 Å². The maximum Gasteiger partial charge on any atom is 0.240 e. The normalized spacial score (nSPS) is 17.5. The predicted octanol–water partition coefficient (Wildman–Crippen LogP) is 3.40. The number of hydrogen-bond donors (Lipinski definition) is 1. The van der Waals surface area contributed by atoms with E-state index < -0.39 is 0 Å². The van der Waals surface area contributed by atoms with Crippen LogP contribution in [0.5, 0.6) is 5.75 Å². The van der Waals surface area contributed by atoms with E-state index in [2.05, 4.69) is 5.10 Å². The van der Waals surface area contributed by atoms with Gasteiger partial charge < -0.3 is 5.11 Å². The lowest BCUT2D eigenvalue weighted by Crippen LogP contribution is -2.24. The number of aryl methyl sites for hydroxylation is 1. The fourth-order valence-corrected chi connectivity index (χ4v) is 2.71. The molecule has 3 rings (SSSR count). The van der Waals surface area contributed by atoms with Gasteiger partial charge in [0.05, 0.1) is 11.8 Å². The molecule has 1 aliphatic heterocycles. The van der Waals surface area contributed by atoms with Crippen molar-refractivity contribution in [3.63, 3.8) is 0 Å². The molecule has 0 fully saturated rings. The summed E-state index contributed by atoms with van der Waals surface area (Å²) in [5.41, 5.74) is 3.92. The third-order valence-electron chi connectivity index (χ3n) is 3.87. The van der Waals surface area contributed by atoms with Crippen LogP contribution in [0.1, 0.15) is 36.1 Å². The van der Waals surface area contributed by atoms with Gasteiger partial charge >= 0.3 is 0 Å². The molecule has 1 heterocycles. The van der Waals surface area contributed by atoms with E-state index >= 15 is 0 Å². The van der Waals surface area contributed by atoms with E-state index in [1.807, 2.05) is 37.3 Å². The van der Waals surface area contributed by atoms with Crippen LogP contribution in [-0.4, -0.2) is 21.7 Å². The van der Waals surface area contributed by atoms with Crippen molar-refractivity contribution in [2.24, 2.45) is 5.10 Å². The molecule has 0 spiro atoms. The summed E-state index contributed by atoms with van der Waals surface area (Å²) in [6, 6.07) is 15.1. The lowest BCUT2D eigenvalue weighted by atomic mass is 9.97. The van der Waals surface area contributed by atoms with Crippen molar-refractivity contribution in [1.29, 1.82) is 0 Å². The van der Waals surface area contributed by atoms with E-state index in [4.69, 9.17) is 0 Å². The number of phenols is 1. The molecule has 2 aromatic carbocycles. The first-order valence-corrected chi connectivity index (χ1v) is 7.28. The number of aromatic hydroxyl groups is 1. The quantitative estimate of drug-likeness (QED) is 0.923. The maximum atomic E-state index is 11.9. The Labute approximate surface area is 129 Å². The van der Waals surface area contributed by atoms with Crippen LogP contribution in [0.25, 0.3) is 0 Å². The van der Waals surface area contributed by atoms with Gasteiger partial charge in [0.15, 0.2) is 0 Å². The summed E-state index contributed by atoms with van der Waals surface area (Å²) in [5, 5.41) is 15.6. The smallest absolute Gasteiger partial charge is 0.240 e. The molecule has 0 aromatic heterocycles. The average molecular weight is 294 g/mol. The number of carbonyl (C=O) groups excluding carboxylic acids is 1. The Balaban J connectivity index is 1.94. The lowest BCUT2D eigenvalue weighted by molar-refractivity contribution is -0.130. The molecule has 2 aromatic rings. The Morgan fingerprint density at radius 2 is 1.95 bits per heavy atom. The summed E-state index contributed by atoms with van der Waals surface area (Å²) < 4.78 is 0. The molecule has 1 unspecified atom stereocenters. The SMILES string of the molecule is CC(=O)N1N=C(c2cccc(O)c2)CC1c1ccc(C)cc1. The number of nitrogens with zero attached hydrogens (tertiary/aromatic N) is 2. The van der Waals surface area contributed by atoms with Crippen molar-refractivity contribution in [2.45, 2.75) is 26.3 Å². The highest BCUT2D eigenvalue weighted by atomic mass is 16.3. The maximum absolute atomic E-state index is 11.9. The van der Waals surface area contributed by atoms with Crippen molar-refractivity contribution in [3.8, 4) is 5.75 Å². The molecular weight excluding hydrogens is 276 g/mol. The van der Waals surface area contributed by atoms with Gasteiger partial charge in [-0.15, -0.1) is 0 Å². The first-order valence-electron chi connectivity index (χ1n) is 7.28. The fourth-order valence-electron chi connectivity index (χ4n) is 2.71. The summed E-state index contributed by atoms with van der Waals surface area (Å²) in [5.74, 6) is 0.120. The first kappa shape index (κ1) is 14.3. The van der Waals surface area contributed by atoms with Crippen LogP contribution in [0.4, 0.5) is 0 Å². The van der Waals surface area contributed by atoms with Gasteiger partial charge in [-0.05, 0) is 24.6 Å². The van der Waals surface area contributed by atoms with Gasteiger partial charge in [0.1, 0.15) is 5.75 Å². The third-order valence-corrected chi connectivity index (χ3v) is 3.87. The summed E-state index contributed by atoms with van der Waals surface area (Å²) in [7, 11) is 0. The topological polar surface area (TPSA) is 52.9 Å². The standard InChI is InChI=1S/C18H18N2O2/c1-12-6-8-14(9-7-12)18-11-17(19-20(18)13(2)21)15-4-3-5-16(22)10-15/h3-10,18,22H,11H2,1-2H3. The van der Waals surface area contributed by atoms with E-state index in [1.165, 1.54) is 17.5 Å². The summed E-state index contributed by atoms with van der Waals surface area (Å²) >= 11 is 0. The zero-order valence-corrected chi connectivity index (χ0v) is 12.7. The molecule has 0 saturated heterocycles. The summed E-state index contributed by atoms with van der Waals surface area (Å²) in [6.07, 6.45) is 0.645. The molecule has 0 bridgehead atoms. The second-order valence-electron chi connectivity index (χ2n) is 5.59. The van der Waals surface area contributed by atoms with E-state index in [1.54, 1.807) is 18.2 Å². The largest absolute Gasteiger partial charge is 0.508 e. The third kappa shape index (κ3) is 2.72. The molecule has 4 nitrogen and oxygen atoms in total. The van der Waals surface area contributed by atoms with E-state index in [9.17, 15) is 9.90 Å². The Kier molecular flexibility index (Phi) is 3.67. The van der Waals surface area contributed by atoms with Gasteiger partial charge in [0, 0.05) is 18.9 Å². The highest BCUT2D eigenvalue weighted by Gasteiger charge is 2.31. The average Bonchev–Trinajstić information content (AvgIpc) is 2.93. The van der Waals surface area contributed by atoms with Crippen LogP contribution in [0.15, 0.2) is 53.6 Å². The van der Waals surface area contributed by atoms with E-state index in [-0.39, 0.29) is 17.7 Å². The van der Waals surface area contributed by atoms with Crippen LogP contribution in [-0.2, 0) is 4.79 Å². The lowest BCUT2D eigenvalue weighted by Gasteiger charge is -2.20. The molecule has 0 aliphatic carbocycles. The number of benzene rings is 2. The minimum atomic E-state index is -0.0875. The Morgan fingerprint density at radius 1 is 1.23 bits per heavy atom. The van der Waals surface area contributed by atoms with Crippen LogP contribution in [0.3, 0.4) is 0 Å². The first-order chi connectivity index (χ1) is 10.5. The monoisotopic (exact) mass is 294 g/mol. The molecule has 22 heavy (non-hydrogen) atoms. The molecule has 1 N–H and O–H groups in total. The number of hydrazone groups is 1. The Morgan fingerprint density at radius 3 is 2.59 bits per heavy atom. The van der Waals surface area contributed by atoms with Crippen LogP contribution in [0.2, 0.25) is 0 Å². The minimum absolute atomic E-state index is 0.0827. The molecule has 0 saturated carbocycles. The van der Waals surface area contributed by atoms with Crippen molar-refractivity contribution in [3.05, 3.63) is 65.2 Å². The molecule has 112 valence electrons. The zero-order chi connectivity index (χ0) is 15.7. The van der Waals surface area contributed by atoms with Gasteiger partial charge in [-0.25, -0.2) is 5.01 Å². The Hall–Kier alpha value is -2.62. The van der Waals surface area contributed by atoms with E-state index in [0.717, 1.165) is 16.8 Å². The number of amides is 1. The summed E-state index contributed by atoms with van der Waals surface area (Å²) in [6.45, 7) is 3.56. The summed E-state index contributed by atoms with van der Waals surface area (Å²) in [4.78, 5) is 11.9. The number of phenolic OH excluding ortho intramolecular Hbond substituents is 1. The van der Waals surface area contributed by atoms with Gasteiger partial charge in [-0.1, -0.05) is 42.0 Å². The molecule has 1 amide bonds. The number of carbonyl (C=O) groups is 1. The van der Waals surface area contributed by atoms with Crippen LogP contribution < -0.4 is 0 Å². The number of rotatable bonds is 2. The van der Waals surface area contributed by atoms with Gasteiger partial charge in [-0.3, -0.25) is 4.79 Å². The van der Waals surface area contributed by atoms with Gasteiger partial charge in [-0.2, -0.15) is 5.10 Å². The van der Waals surface area contributed by atoms with Gasteiger partial charge in [0.2, 0.25) is 5.91 Å². The second kappa shape index (κ2) is 5.64. The van der Waals surface area contributed by atoms with E-state index in [0.29, 0.717) is 6.42 Å². The fraction of sp³-hybridized carbons (Fsp3) is 0.222.